The third-order valence-corrected chi connectivity index (χ3v) is 3.98. The van der Waals surface area contributed by atoms with Crippen LogP contribution in [0.15, 0.2) is 22.6 Å². The molecule has 0 saturated carbocycles. The number of carbonyl (C=O) groups excluding carboxylic acids is 1. The molecular weight excluding hydrogens is 462 g/mol. The van der Waals surface area contributed by atoms with E-state index >= 15 is 0 Å². The maximum atomic E-state index is 10.1. The Hall–Kier alpha value is -1.51. The smallest absolute Gasteiger partial charge is 0.122 e. The Morgan fingerprint density at radius 1 is 0.629 bits per heavy atom. The van der Waals surface area contributed by atoms with Crippen molar-refractivity contribution in [2.24, 2.45) is 10.3 Å². The Kier molecular flexibility index (Phi) is 29.2. The van der Waals surface area contributed by atoms with E-state index in [1.54, 1.807) is 18.3 Å². The number of ether oxygens (including phenoxy) is 8. The molecule has 0 amide bonds. The van der Waals surface area contributed by atoms with Crippen molar-refractivity contribution in [2.75, 3.05) is 119 Å². The third kappa shape index (κ3) is 28.6. The summed E-state index contributed by atoms with van der Waals surface area (Å²) >= 11 is 0. The molecule has 0 radical (unpaired) electrons. The van der Waals surface area contributed by atoms with Crippen molar-refractivity contribution in [3.63, 3.8) is 0 Å². The van der Waals surface area contributed by atoms with Crippen molar-refractivity contribution in [2.45, 2.75) is 13.3 Å². The van der Waals surface area contributed by atoms with E-state index in [2.05, 4.69) is 10.3 Å². The molecule has 0 aliphatic heterocycles. The van der Waals surface area contributed by atoms with Crippen LogP contribution in [0, 0.1) is 0 Å². The highest BCUT2D eigenvalue weighted by atomic mass is 16.6. The average molecular weight is 508 g/mol. The normalized spacial score (nSPS) is 11.7. The number of rotatable bonds is 29. The lowest BCUT2D eigenvalue weighted by Gasteiger charge is -2.13. The summed E-state index contributed by atoms with van der Waals surface area (Å²) in [7, 11) is 1.62. The number of nitrogens with zero attached hydrogens (tertiary/aromatic N) is 3. The van der Waals surface area contributed by atoms with Gasteiger partial charge in [-0.2, -0.15) is 5.11 Å². The Morgan fingerprint density at radius 2 is 1.09 bits per heavy atom. The second kappa shape index (κ2) is 30.5. The number of aldehydes is 1. The van der Waals surface area contributed by atoms with E-state index in [0.29, 0.717) is 119 Å². The highest BCUT2D eigenvalue weighted by Gasteiger charge is 1.98. The van der Waals surface area contributed by atoms with Crippen LogP contribution in [0.3, 0.4) is 0 Å². The standard InChI is InChI=1S/C23H45N3O9/c1-3-28-12-13-32-20-21-35-19-16-31-11-7-26(25-24-2)6-4-9-29-14-17-33-22-23-34-18-15-30-10-5-8-27/h4,6,8H,3,5,7,9-23H2,1-2H3/b6-4?,25-24-. The van der Waals surface area contributed by atoms with Crippen LogP contribution in [-0.4, -0.2) is 131 Å². The average Bonchev–Trinajstić information content (AvgIpc) is 2.87. The molecule has 0 spiro atoms. The maximum absolute atomic E-state index is 10.1. The van der Waals surface area contributed by atoms with Gasteiger partial charge in [0.25, 0.3) is 0 Å². The minimum atomic E-state index is 0.414. The first-order valence-corrected chi connectivity index (χ1v) is 12.1. The minimum absolute atomic E-state index is 0.414. The van der Waals surface area contributed by atoms with Gasteiger partial charge in [0.2, 0.25) is 0 Å². The zero-order chi connectivity index (χ0) is 25.5. The van der Waals surface area contributed by atoms with Crippen LogP contribution in [0.5, 0.6) is 0 Å². The highest BCUT2D eigenvalue weighted by Crippen LogP contribution is 1.94. The SMILES string of the molecule is CCOCCOCCOCCOCCN(C=CCOCCOCCOCCOCCC=O)/N=N\C. The first kappa shape index (κ1) is 33.5. The molecule has 0 unspecified atom stereocenters. The van der Waals surface area contributed by atoms with Crippen molar-refractivity contribution in [3.8, 4) is 0 Å². The number of hydrogen-bond donors (Lipinski definition) is 0. The van der Waals surface area contributed by atoms with Crippen molar-refractivity contribution in [1.82, 2.24) is 5.01 Å². The first-order valence-electron chi connectivity index (χ1n) is 12.1. The van der Waals surface area contributed by atoms with Crippen LogP contribution in [0.2, 0.25) is 0 Å². The van der Waals surface area contributed by atoms with Gasteiger partial charge < -0.3 is 42.7 Å². The summed E-state index contributed by atoms with van der Waals surface area (Å²) < 4.78 is 43.0. The van der Waals surface area contributed by atoms with E-state index in [1.165, 1.54) is 0 Å². The fraction of sp³-hybridized carbons (Fsp3) is 0.870. The van der Waals surface area contributed by atoms with Gasteiger partial charge in [-0.25, -0.2) is 0 Å². The Bertz CT molecular complexity index is 485. The topological polar surface area (TPSA) is 119 Å². The van der Waals surface area contributed by atoms with Crippen LogP contribution < -0.4 is 0 Å². The monoisotopic (exact) mass is 507 g/mol. The molecule has 12 heteroatoms. The number of hydrogen-bond acceptors (Lipinski definition) is 11. The molecule has 0 rings (SSSR count). The van der Waals surface area contributed by atoms with Gasteiger partial charge >= 0.3 is 0 Å². The van der Waals surface area contributed by atoms with Crippen molar-refractivity contribution < 1.29 is 42.7 Å². The Labute approximate surface area is 209 Å². The molecule has 0 aliphatic rings. The van der Waals surface area contributed by atoms with Gasteiger partial charge in [-0.1, -0.05) is 5.22 Å². The highest BCUT2D eigenvalue weighted by molar-refractivity contribution is 5.49. The van der Waals surface area contributed by atoms with E-state index in [9.17, 15) is 4.79 Å². The molecule has 206 valence electrons. The van der Waals surface area contributed by atoms with Crippen LogP contribution in [-0.2, 0) is 42.7 Å². The van der Waals surface area contributed by atoms with Crippen molar-refractivity contribution in [1.29, 1.82) is 0 Å². The molecule has 0 aromatic carbocycles. The van der Waals surface area contributed by atoms with Gasteiger partial charge in [0.15, 0.2) is 0 Å². The lowest BCUT2D eigenvalue weighted by molar-refractivity contribution is -0.108. The van der Waals surface area contributed by atoms with Gasteiger partial charge in [0, 0.05) is 19.2 Å². The molecule has 0 aromatic rings. The minimum Gasteiger partial charge on any atom is -0.379 e. The molecule has 0 fully saturated rings. The second-order valence-electron chi connectivity index (χ2n) is 6.74. The van der Waals surface area contributed by atoms with E-state index in [1.807, 2.05) is 13.0 Å². The molecule has 12 nitrogen and oxygen atoms in total. The van der Waals surface area contributed by atoms with E-state index < -0.39 is 0 Å². The van der Waals surface area contributed by atoms with Gasteiger partial charge in [-0.3, -0.25) is 5.01 Å². The van der Waals surface area contributed by atoms with Crippen molar-refractivity contribution in [3.05, 3.63) is 12.3 Å². The van der Waals surface area contributed by atoms with E-state index in [0.717, 1.165) is 6.29 Å². The Balaban J connectivity index is 3.48. The summed E-state index contributed by atoms with van der Waals surface area (Å²) in [5.41, 5.74) is 0. The summed E-state index contributed by atoms with van der Waals surface area (Å²) in [6.45, 7) is 10.8. The van der Waals surface area contributed by atoms with Crippen molar-refractivity contribution >= 4 is 6.29 Å². The molecule has 0 N–H and O–H groups in total. The molecule has 0 aliphatic carbocycles. The van der Waals surface area contributed by atoms with Crippen LogP contribution >= 0.6 is 0 Å². The first-order chi connectivity index (χ1) is 17.3. The molecule has 0 heterocycles. The maximum Gasteiger partial charge on any atom is 0.122 e. The van der Waals surface area contributed by atoms with Crippen LogP contribution in [0.1, 0.15) is 13.3 Å². The van der Waals surface area contributed by atoms with Gasteiger partial charge in [-0.15, -0.1) is 0 Å². The molecule has 0 aromatic heterocycles. The van der Waals surface area contributed by atoms with Gasteiger partial charge in [0.05, 0.1) is 113 Å². The second-order valence-corrected chi connectivity index (χ2v) is 6.74. The molecule has 0 bridgehead atoms. The van der Waals surface area contributed by atoms with Crippen LogP contribution in [0.25, 0.3) is 0 Å². The zero-order valence-electron chi connectivity index (χ0n) is 21.5. The van der Waals surface area contributed by atoms with E-state index in [-0.39, 0.29) is 0 Å². The quantitative estimate of drug-likeness (QED) is 0.0638. The van der Waals surface area contributed by atoms with Crippen LogP contribution in [0.4, 0.5) is 0 Å². The molecule has 0 atom stereocenters. The number of carbonyl (C=O) groups is 1. The zero-order valence-corrected chi connectivity index (χ0v) is 21.5. The summed E-state index contributed by atoms with van der Waals surface area (Å²) in [6.07, 6.45) is 4.91. The lowest BCUT2D eigenvalue weighted by atomic mass is 10.5. The summed E-state index contributed by atoms with van der Waals surface area (Å²) in [5, 5.41) is 9.52. The fourth-order valence-corrected chi connectivity index (χ4v) is 2.33. The molecule has 0 saturated heterocycles. The molecular formula is C23H45N3O9. The van der Waals surface area contributed by atoms with Gasteiger partial charge in [-0.05, 0) is 13.0 Å². The lowest BCUT2D eigenvalue weighted by Crippen LogP contribution is -2.18. The molecule has 35 heavy (non-hydrogen) atoms. The third-order valence-electron chi connectivity index (χ3n) is 3.98. The summed E-state index contributed by atoms with van der Waals surface area (Å²) in [5.74, 6) is 0. The predicted molar refractivity (Wildman–Crippen MR) is 130 cm³/mol. The Morgan fingerprint density at radius 3 is 1.57 bits per heavy atom. The predicted octanol–water partition coefficient (Wildman–Crippen LogP) is 1.54. The summed E-state index contributed by atoms with van der Waals surface area (Å²) in [6, 6.07) is 0. The largest absolute Gasteiger partial charge is 0.379 e. The van der Waals surface area contributed by atoms with E-state index in [4.69, 9.17) is 37.9 Å². The summed E-state index contributed by atoms with van der Waals surface area (Å²) in [4.78, 5) is 10.1. The fourth-order valence-electron chi connectivity index (χ4n) is 2.33. The van der Waals surface area contributed by atoms with Gasteiger partial charge in [0.1, 0.15) is 6.29 Å².